The third-order valence-electron chi connectivity index (χ3n) is 6.82. The number of hydrogen-bond donors (Lipinski definition) is 2. The van der Waals surface area contributed by atoms with Crippen LogP contribution in [-0.2, 0) is 4.57 Å². The van der Waals surface area contributed by atoms with Gasteiger partial charge < -0.3 is 14.3 Å². The van der Waals surface area contributed by atoms with Gasteiger partial charge in [0.25, 0.3) is 0 Å². The Labute approximate surface area is 195 Å². The molecule has 0 aliphatic carbocycles. The highest BCUT2D eigenvalue weighted by Gasteiger charge is 2.29. The quantitative estimate of drug-likeness (QED) is 0.0866. The largest absolute Gasteiger partial charge is 0.331 e. The summed E-state index contributed by atoms with van der Waals surface area (Å²) in [6.07, 6.45) is 23.8. The molecule has 0 fully saturated rings. The molecule has 0 saturated carbocycles. The van der Waals surface area contributed by atoms with E-state index in [0.717, 1.165) is 49.8 Å². The highest BCUT2D eigenvalue weighted by atomic mass is 31.2. The molecule has 0 aromatic heterocycles. The summed E-state index contributed by atoms with van der Waals surface area (Å²) in [5.74, 6) is 0. The average molecular weight is 463 g/mol. The van der Waals surface area contributed by atoms with E-state index in [1.165, 1.54) is 89.9 Å². The molecule has 0 unspecified atom stereocenters. The first-order valence-electron chi connectivity index (χ1n) is 13.8. The first-order valence-corrected chi connectivity index (χ1v) is 15.6. The van der Waals surface area contributed by atoms with Crippen molar-refractivity contribution in [3.63, 3.8) is 0 Å². The summed E-state index contributed by atoms with van der Waals surface area (Å²) in [5, 5.41) is 0. The second-order valence-electron chi connectivity index (χ2n) is 9.93. The minimum atomic E-state index is -3.92. The Hall–Kier alpha value is 0.110. The van der Waals surface area contributed by atoms with Crippen LogP contribution in [0.5, 0.6) is 0 Å². The molecular weight excluding hydrogens is 405 g/mol. The molecule has 5 heteroatoms. The summed E-state index contributed by atoms with van der Waals surface area (Å²) in [7, 11) is -3.92. The first kappa shape index (κ1) is 31.1. The van der Waals surface area contributed by atoms with Gasteiger partial charge in [0.05, 0.1) is 32.3 Å². The molecule has 0 saturated heterocycles. The molecule has 0 spiro atoms. The van der Waals surface area contributed by atoms with Gasteiger partial charge >= 0.3 is 7.60 Å². The topological polar surface area (TPSA) is 57.5 Å². The van der Waals surface area contributed by atoms with Gasteiger partial charge in [-0.3, -0.25) is 4.57 Å². The summed E-state index contributed by atoms with van der Waals surface area (Å²) in [6.45, 7) is 10.6. The van der Waals surface area contributed by atoms with Gasteiger partial charge in [0.1, 0.15) is 0 Å². The normalized spacial score (nSPS) is 12.5. The van der Waals surface area contributed by atoms with Gasteiger partial charge in [0.15, 0.2) is 0 Å². The number of hydrogen-bond acceptors (Lipinski definition) is 1. The molecule has 0 radical (unpaired) electrons. The van der Waals surface area contributed by atoms with E-state index in [1.807, 2.05) is 0 Å². The van der Waals surface area contributed by atoms with Crippen molar-refractivity contribution in [2.75, 3.05) is 32.3 Å². The highest BCUT2D eigenvalue weighted by molar-refractivity contribution is 7.51. The second-order valence-corrected chi connectivity index (χ2v) is 11.7. The lowest BCUT2D eigenvalue weighted by molar-refractivity contribution is -0.926. The molecule has 0 aromatic carbocycles. The van der Waals surface area contributed by atoms with E-state index in [9.17, 15) is 14.4 Å². The van der Waals surface area contributed by atoms with Crippen LogP contribution in [0.4, 0.5) is 0 Å². The fourth-order valence-electron chi connectivity index (χ4n) is 4.64. The van der Waals surface area contributed by atoms with E-state index >= 15 is 0 Å². The van der Waals surface area contributed by atoms with Crippen LogP contribution in [0, 0.1) is 0 Å². The van der Waals surface area contributed by atoms with E-state index in [1.54, 1.807) is 0 Å². The Bertz CT molecular complexity index is 417. The molecule has 0 rings (SSSR count). The Kier molecular flexibility index (Phi) is 20.8. The fourth-order valence-corrected chi connectivity index (χ4v) is 5.33. The predicted octanol–water partition coefficient (Wildman–Crippen LogP) is 8.06. The lowest BCUT2D eigenvalue weighted by Crippen LogP contribution is -2.51. The lowest BCUT2D eigenvalue weighted by atomic mass is 10.0. The van der Waals surface area contributed by atoms with Gasteiger partial charge in [-0.25, -0.2) is 0 Å². The second kappa shape index (κ2) is 20.7. The van der Waals surface area contributed by atoms with Gasteiger partial charge in [0.2, 0.25) is 0 Å². The maximum atomic E-state index is 11.5. The van der Waals surface area contributed by atoms with Gasteiger partial charge in [0, 0.05) is 0 Å². The molecular formula is C26H57NO3P+. The first-order chi connectivity index (χ1) is 14.9. The zero-order valence-corrected chi connectivity index (χ0v) is 22.4. The van der Waals surface area contributed by atoms with Crippen molar-refractivity contribution in [1.82, 2.24) is 0 Å². The van der Waals surface area contributed by atoms with Crippen molar-refractivity contribution in [1.29, 1.82) is 0 Å². The molecule has 188 valence electrons. The fraction of sp³-hybridized carbons (Fsp3) is 1.00. The van der Waals surface area contributed by atoms with Gasteiger partial charge in [-0.15, -0.1) is 0 Å². The maximum Gasteiger partial charge on any atom is 0.331 e. The molecule has 4 nitrogen and oxygen atoms in total. The Morgan fingerprint density at radius 2 is 0.806 bits per heavy atom. The SMILES string of the molecule is CCCCCCCCCCCCCCCC[N+](CCCC)(CCCC)CCP(=O)(O)O. The Morgan fingerprint density at radius 1 is 0.484 bits per heavy atom. The van der Waals surface area contributed by atoms with Gasteiger partial charge in [-0.05, 0) is 25.7 Å². The minimum absolute atomic E-state index is 0.0407. The molecule has 0 bridgehead atoms. The zero-order valence-electron chi connectivity index (χ0n) is 21.5. The smallest absolute Gasteiger partial charge is 0.324 e. The standard InChI is InChI=1S/C26H56NO3P/c1-4-7-10-11-12-13-14-15-16-17-18-19-20-21-24-27(22-8-5-2,23-9-6-3)25-26-31(28,29)30/h4-26H2,1-3H3,(H-,28,29,30)/p+1. The van der Waals surface area contributed by atoms with E-state index < -0.39 is 7.60 Å². The highest BCUT2D eigenvalue weighted by Crippen LogP contribution is 2.35. The zero-order chi connectivity index (χ0) is 23.3. The number of unbranched alkanes of at least 4 members (excludes halogenated alkanes) is 15. The van der Waals surface area contributed by atoms with Gasteiger partial charge in [-0.1, -0.05) is 111 Å². The average Bonchev–Trinajstić information content (AvgIpc) is 2.74. The van der Waals surface area contributed by atoms with Crippen molar-refractivity contribution in [2.24, 2.45) is 0 Å². The summed E-state index contributed by atoms with van der Waals surface area (Å²) >= 11 is 0. The number of nitrogens with zero attached hydrogens (tertiary/aromatic N) is 1. The van der Waals surface area contributed by atoms with Crippen LogP contribution in [0.25, 0.3) is 0 Å². The Balaban J connectivity index is 4.02. The minimum Gasteiger partial charge on any atom is -0.324 e. The monoisotopic (exact) mass is 462 g/mol. The molecule has 0 amide bonds. The van der Waals surface area contributed by atoms with Crippen molar-refractivity contribution >= 4 is 7.60 Å². The van der Waals surface area contributed by atoms with E-state index in [0.29, 0.717) is 6.54 Å². The summed E-state index contributed by atoms with van der Waals surface area (Å²) < 4.78 is 12.4. The van der Waals surface area contributed by atoms with Crippen LogP contribution in [-0.4, -0.2) is 46.6 Å². The van der Waals surface area contributed by atoms with E-state index in [-0.39, 0.29) is 6.16 Å². The van der Waals surface area contributed by atoms with Crippen LogP contribution < -0.4 is 0 Å². The predicted molar refractivity (Wildman–Crippen MR) is 137 cm³/mol. The van der Waals surface area contributed by atoms with Crippen LogP contribution in [0.3, 0.4) is 0 Å². The van der Waals surface area contributed by atoms with Crippen LogP contribution >= 0.6 is 7.60 Å². The van der Waals surface area contributed by atoms with Crippen LogP contribution in [0.2, 0.25) is 0 Å². The van der Waals surface area contributed by atoms with Crippen molar-refractivity contribution < 1.29 is 18.8 Å². The maximum absolute atomic E-state index is 11.5. The van der Waals surface area contributed by atoms with Crippen molar-refractivity contribution in [2.45, 2.75) is 136 Å². The third-order valence-corrected chi connectivity index (χ3v) is 7.61. The molecule has 0 atom stereocenters. The van der Waals surface area contributed by atoms with Crippen LogP contribution in [0.1, 0.15) is 136 Å². The van der Waals surface area contributed by atoms with Crippen LogP contribution in [0.15, 0.2) is 0 Å². The Morgan fingerprint density at radius 3 is 1.16 bits per heavy atom. The molecule has 0 heterocycles. The van der Waals surface area contributed by atoms with Crippen molar-refractivity contribution in [3.05, 3.63) is 0 Å². The lowest BCUT2D eigenvalue weighted by Gasteiger charge is -2.39. The molecule has 2 N–H and O–H groups in total. The summed E-state index contributed by atoms with van der Waals surface area (Å²) in [4.78, 5) is 18.9. The molecule has 0 aliphatic heterocycles. The molecule has 31 heavy (non-hydrogen) atoms. The summed E-state index contributed by atoms with van der Waals surface area (Å²) in [6, 6.07) is 0. The summed E-state index contributed by atoms with van der Waals surface area (Å²) in [5.41, 5.74) is 0. The molecule has 0 aromatic rings. The molecule has 0 aliphatic rings. The van der Waals surface area contributed by atoms with E-state index in [4.69, 9.17) is 0 Å². The van der Waals surface area contributed by atoms with E-state index in [2.05, 4.69) is 20.8 Å². The number of rotatable bonds is 24. The number of quaternary nitrogens is 1. The van der Waals surface area contributed by atoms with Crippen molar-refractivity contribution in [3.8, 4) is 0 Å². The third kappa shape index (κ3) is 20.4. The van der Waals surface area contributed by atoms with Gasteiger partial charge in [-0.2, -0.15) is 0 Å².